The first-order valence-electron chi connectivity index (χ1n) is 14.7. The van der Waals surface area contributed by atoms with Gasteiger partial charge >= 0.3 is 17.9 Å². The van der Waals surface area contributed by atoms with Crippen molar-refractivity contribution in [3.05, 3.63) is 82.6 Å². The van der Waals surface area contributed by atoms with Crippen LogP contribution in [0.5, 0.6) is 0 Å². The van der Waals surface area contributed by atoms with Gasteiger partial charge in [0.1, 0.15) is 0 Å². The maximum atomic E-state index is 13.2. The van der Waals surface area contributed by atoms with E-state index in [-0.39, 0.29) is 23.5 Å². The first kappa shape index (κ1) is 29.8. The fourth-order valence-electron chi connectivity index (χ4n) is 6.67. The van der Waals surface area contributed by atoms with E-state index in [0.29, 0.717) is 24.1 Å². The highest BCUT2D eigenvalue weighted by atomic mass is 16.4. The van der Waals surface area contributed by atoms with Gasteiger partial charge in [0, 0.05) is 13.0 Å². The van der Waals surface area contributed by atoms with Crippen LogP contribution in [-0.2, 0) is 24.6 Å². The highest BCUT2D eigenvalue weighted by Crippen LogP contribution is 2.60. The second kappa shape index (κ2) is 12.6. The number of carboxylic acid groups (broad SMARTS) is 3. The van der Waals surface area contributed by atoms with Crippen LogP contribution in [0.1, 0.15) is 68.9 Å². The van der Waals surface area contributed by atoms with Crippen molar-refractivity contribution in [3.63, 3.8) is 0 Å². The van der Waals surface area contributed by atoms with E-state index in [2.05, 4.69) is 10.4 Å². The van der Waals surface area contributed by atoms with Gasteiger partial charge in [0.05, 0.1) is 28.8 Å². The number of nitrogens with one attached hydrogen (secondary N) is 1. The fourth-order valence-corrected chi connectivity index (χ4v) is 6.67. The highest BCUT2D eigenvalue weighted by molar-refractivity contribution is 6.13. The quantitative estimate of drug-likeness (QED) is 0.233. The van der Waals surface area contributed by atoms with Gasteiger partial charge in [-0.05, 0) is 41.2 Å². The zero-order chi connectivity index (χ0) is 30.6. The number of carboxylic acids is 3. The average molecular weight is 586 g/mol. The number of unbranched alkanes of at least 4 members (excludes halogenated alkanes) is 7. The van der Waals surface area contributed by atoms with Gasteiger partial charge in [-0.25, -0.2) is 14.6 Å². The normalized spacial score (nSPS) is 17.3. The Morgan fingerprint density at radius 2 is 1.33 bits per heavy atom. The lowest BCUT2D eigenvalue weighted by molar-refractivity contribution is -0.137. The molecule has 2 aromatic rings. The molecule has 4 N–H and O–H groups in total. The molecular weight excluding hydrogens is 550 g/mol. The summed E-state index contributed by atoms with van der Waals surface area (Å²) in [6.45, 7) is 0.465. The van der Waals surface area contributed by atoms with Crippen LogP contribution in [0.15, 0.2) is 76.6 Å². The number of carbonyl (C=O) groups excluding carboxylic acids is 1. The molecule has 3 aliphatic rings. The van der Waals surface area contributed by atoms with Crippen molar-refractivity contribution >= 4 is 30.0 Å². The van der Waals surface area contributed by atoms with Crippen molar-refractivity contribution in [1.29, 1.82) is 0 Å². The summed E-state index contributed by atoms with van der Waals surface area (Å²) in [7, 11) is 0. The van der Waals surface area contributed by atoms with Crippen molar-refractivity contribution < 1.29 is 34.5 Å². The van der Waals surface area contributed by atoms with E-state index < -0.39 is 35.1 Å². The molecule has 0 saturated heterocycles. The van der Waals surface area contributed by atoms with E-state index in [9.17, 15) is 29.4 Å². The monoisotopic (exact) mass is 585 g/mol. The Labute approximate surface area is 249 Å². The number of hydrogen-bond acceptors (Lipinski definition) is 6. The number of nitrogens with zero attached hydrogens (tertiary/aromatic N) is 2. The van der Waals surface area contributed by atoms with Crippen LogP contribution in [0.3, 0.4) is 0 Å². The molecule has 0 aromatic heterocycles. The number of amides is 1. The van der Waals surface area contributed by atoms with Gasteiger partial charge in [0.15, 0.2) is 5.70 Å². The van der Waals surface area contributed by atoms with Crippen LogP contribution >= 0.6 is 0 Å². The average Bonchev–Trinajstić information content (AvgIpc) is 3.47. The van der Waals surface area contributed by atoms with Crippen molar-refractivity contribution in [3.8, 4) is 11.1 Å². The molecule has 0 fully saturated rings. The summed E-state index contributed by atoms with van der Waals surface area (Å²) in [4.78, 5) is 49.2. The van der Waals surface area contributed by atoms with E-state index in [0.717, 1.165) is 56.1 Å². The number of hydrazone groups is 1. The predicted octanol–water partition coefficient (Wildman–Crippen LogP) is 4.70. The lowest BCUT2D eigenvalue weighted by Gasteiger charge is -2.37. The summed E-state index contributed by atoms with van der Waals surface area (Å²) >= 11 is 0. The van der Waals surface area contributed by atoms with Gasteiger partial charge in [-0.1, -0.05) is 87.1 Å². The molecule has 1 atom stereocenters. The third-order valence-electron chi connectivity index (χ3n) is 8.50. The largest absolute Gasteiger partial charge is 0.481 e. The van der Waals surface area contributed by atoms with Crippen LogP contribution in [0, 0.1) is 0 Å². The van der Waals surface area contributed by atoms with Crippen LogP contribution in [0.2, 0.25) is 0 Å². The first-order chi connectivity index (χ1) is 20.8. The minimum absolute atomic E-state index is 0.221. The summed E-state index contributed by atoms with van der Waals surface area (Å²) < 4.78 is 0. The molecule has 10 heteroatoms. The molecular formula is C33H35N3O7. The summed E-state index contributed by atoms with van der Waals surface area (Å²) in [5, 5.41) is 37.9. The summed E-state index contributed by atoms with van der Waals surface area (Å²) in [6, 6.07) is 13.9. The summed E-state index contributed by atoms with van der Waals surface area (Å²) in [5.74, 6) is -3.86. The molecule has 1 amide bonds. The van der Waals surface area contributed by atoms with E-state index >= 15 is 0 Å². The van der Waals surface area contributed by atoms with Crippen LogP contribution in [0.4, 0.5) is 0 Å². The molecule has 0 saturated carbocycles. The molecule has 43 heavy (non-hydrogen) atoms. The molecule has 1 aliphatic carbocycles. The second-order valence-electron chi connectivity index (χ2n) is 11.1. The Morgan fingerprint density at radius 3 is 1.88 bits per heavy atom. The van der Waals surface area contributed by atoms with Gasteiger partial charge < -0.3 is 20.6 Å². The first-order valence-corrected chi connectivity index (χ1v) is 14.7. The molecule has 2 aromatic carbocycles. The maximum Gasteiger partial charge on any atom is 0.354 e. The van der Waals surface area contributed by atoms with Gasteiger partial charge in [0.25, 0.3) is 5.91 Å². The van der Waals surface area contributed by atoms with E-state index in [1.165, 1.54) is 11.2 Å². The number of aliphatic carboxylic acids is 3. The number of rotatable bonds is 14. The molecule has 0 radical (unpaired) electrons. The van der Waals surface area contributed by atoms with Gasteiger partial charge in [-0.15, -0.1) is 0 Å². The third-order valence-corrected chi connectivity index (χ3v) is 8.50. The number of hydrogen-bond donors (Lipinski definition) is 4. The third kappa shape index (κ3) is 5.45. The molecule has 2 aliphatic heterocycles. The fraction of sp³-hybridized carbons (Fsp3) is 0.364. The molecule has 1 spiro atoms. The Hall–Kier alpha value is -4.73. The van der Waals surface area contributed by atoms with E-state index in [1.807, 2.05) is 36.4 Å². The van der Waals surface area contributed by atoms with Gasteiger partial charge in [-0.2, -0.15) is 5.10 Å². The Bertz CT molecular complexity index is 1490. The summed E-state index contributed by atoms with van der Waals surface area (Å²) in [5.41, 5.74) is 1.13. The van der Waals surface area contributed by atoms with Crippen molar-refractivity contribution in [1.82, 2.24) is 10.3 Å². The van der Waals surface area contributed by atoms with E-state index in [4.69, 9.17) is 5.11 Å². The Balaban J connectivity index is 1.32. The summed E-state index contributed by atoms with van der Waals surface area (Å²) in [6.07, 6.45) is 10.7. The second-order valence-corrected chi connectivity index (χ2v) is 11.1. The lowest BCUT2D eigenvalue weighted by atomic mass is 9.68. The van der Waals surface area contributed by atoms with Crippen molar-refractivity contribution in [2.24, 2.45) is 5.10 Å². The zero-order valence-electron chi connectivity index (χ0n) is 23.8. The molecule has 1 unspecified atom stereocenters. The smallest absolute Gasteiger partial charge is 0.354 e. The number of carbonyl (C=O) groups is 4. The molecule has 224 valence electrons. The molecule has 5 rings (SSSR count). The van der Waals surface area contributed by atoms with Crippen molar-refractivity contribution in [2.75, 3.05) is 6.54 Å². The standard InChI is InChI=1S/C33H35N3O7/c37-27(38)17-7-5-3-1-2-4-6-12-18-34-30(39)21-19-26-33(28(31(40)41)29(32(42)43)36(26)35-20-21)24-15-10-8-13-22(24)23-14-9-11-16-25(23)33/h8-11,13-16,19-20,26H,1-7,12,17-18H2,(H,34,39)(H,37,38)(H,40,41)(H,42,43). The van der Waals surface area contributed by atoms with Crippen LogP contribution in [-0.4, -0.2) is 62.9 Å². The lowest BCUT2D eigenvalue weighted by Crippen LogP contribution is -2.45. The van der Waals surface area contributed by atoms with Crippen molar-refractivity contribution in [2.45, 2.75) is 69.2 Å². The minimum atomic E-state index is -1.40. The van der Waals surface area contributed by atoms with Gasteiger partial charge in [-0.3, -0.25) is 9.59 Å². The minimum Gasteiger partial charge on any atom is -0.481 e. The number of benzene rings is 2. The molecule has 0 bridgehead atoms. The Morgan fingerprint density at radius 1 is 0.767 bits per heavy atom. The van der Waals surface area contributed by atoms with Gasteiger partial charge in [0.2, 0.25) is 0 Å². The molecule has 10 nitrogen and oxygen atoms in total. The predicted molar refractivity (Wildman–Crippen MR) is 159 cm³/mol. The topological polar surface area (TPSA) is 157 Å². The highest BCUT2D eigenvalue weighted by Gasteiger charge is 2.62. The SMILES string of the molecule is O=C(O)CCCCCCCCCCNC(=O)C1=CC2N(N=C1)C(C(=O)O)=C(C(=O)O)C21c2ccccc2-c2ccccc21. The Kier molecular flexibility index (Phi) is 8.75. The van der Waals surface area contributed by atoms with Crippen LogP contribution in [0.25, 0.3) is 11.1 Å². The zero-order valence-corrected chi connectivity index (χ0v) is 23.8. The number of fused-ring (bicyclic) bond motifs is 7. The molecule has 2 heterocycles. The van der Waals surface area contributed by atoms with E-state index in [1.54, 1.807) is 18.2 Å². The maximum absolute atomic E-state index is 13.2. The van der Waals surface area contributed by atoms with Crippen LogP contribution < -0.4 is 5.32 Å².